The standard InChI is InChI=1S/C49H81NO7/c1-6-8-10-12-14-16-18-20-22-24-26-27-29-31-33-35-37-39-47(51)56-44-45(43-55-42-41-46(49(53)54)50(3,4)5)57-48(52)40-38-36-34-32-30-28-25-23-21-19-17-15-13-11-9-7-2/h9,11,14-17,20-23,28,30,34,36,45-46H,6-8,10,12-13,18-19,24-27,29,31-33,35,37-44H2,1-5H3/p+1/b11-9+,16-14+,17-15+,22-20+,23-21+,30-28+,36-34+. The second-order valence-corrected chi connectivity index (χ2v) is 15.6. The fourth-order valence-corrected chi connectivity index (χ4v) is 5.87. The number of allylic oxidation sites excluding steroid dienone is 14. The summed E-state index contributed by atoms with van der Waals surface area (Å²) in [6.07, 6.45) is 50.7. The van der Waals surface area contributed by atoms with Gasteiger partial charge in [0.15, 0.2) is 12.1 Å². The van der Waals surface area contributed by atoms with Crippen molar-refractivity contribution in [3.8, 4) is 0 Å². The molecule has 0 saturated heterocycles. The van der Waals surface area contributed by atoms with Crippen LogP contribution in [0.5, 0.6) is 0 Å². The maximum atomic E-state index is 12.7. The average molecular weight is 797 g/mol. The minimum Gasteiger partial charge on any atom is -0.477 e. The molecule has 2 atom stereocenters. The molecule has 324 valence electrons. The highest BCUT2D eigenvalue weighted by atomic mass is 16.6. The van der Waals surface area contributed by atoms with E-state index >= 15 is 0 Å². The molecule has 0 aliphatic carbocycles. The van der Waals surface area contributed by atoms with E-state index in [1.807, 2.05) is 33.3 Å². The van der Waals surface area contributed by atoms with Crippen LogP contribution in [0.15, 0.2) is 85.1 Å². The van der Waals surface area contributed by atoms with Crippen LogP contribution in [0.3, 0.4) is 0 Å². The fraction of sp³-hybridized carbons (Fsp3) is 0.653. The van der Waals surface area contributed by atoms with Gasteiger partial charge in [-0.2, -0.15) is 0 Å². The Hall–Kier alpha value is -3.49. The number of hydrogen-bond donors (Lipinski definition) is 1. The van der Waals surface area contributed by atoms with Crippen LogP contribution in [0.2, 0.25) is 0 Å². The molecule has 0 fully saturated rings. The van der Waals surface area contributed by atoms with Crippen molar-refractivity contribution in [2.75, 3.05) is 41.0 Å². The van der Waals surface area contributed by atoms with Crippen LogP contribution in [0.4, 0.5) is 0 Å². The van der Waals surface area contributed by atoms with Crippen LogP contribution in [0.1, 0.15) is 155 Å². The summed E-state index contributed by atoms with van der Waals surface area (Å²) >= 11 is 0. The van der Waals surface area contributed by atoms with Gasteiger partial charge in [0.1, 0.15) is 6.61 Å². The first-order valence-corrected chi connectivity index (χ1v) is 22.1. The normalized spacial score (nSPS) is 13.8. The lowest BCUT2D eigenvalue weighted by Crippen LogP contribution is -2.50. The number of likely N-dealkylation sites (N-methyl/N-ethyl adjacent to an activating group) is 1. The third-order valence-corrected chi connectivity index (χ3v) is 9.29. The molecule has 8 heteroatoms. The largest absolute Gasteiger partial charge is 0.477 e. The van der Waals surface area contributed by atoms with Gasteiger partial charge in [-0.15, -0.1) is 0 Å². The number of aliphatic carboxylic acids is 1. The molecule has 0 saturated carbocycles. The maximum Gasteiger partial charge on any atom is 0.362 e. The Balaban J connectivity index is 4.48. The number of carboxylic acids is 1. The number of rotatable bonds is 38. The van der Waals surface area contributed by atoms with Crippen molar-refractivity contribution in [3.63, 3.8) is 0 Å². The van der Waals surface area contributed by atoms with Crippen molar-refractivity contribution in [1.82, 2.24) is 0 Å². The summed E-state index contributed by atoms with van der Waals surface area (Å²) < 4.78 is 17.2. The van der Waals surface area contributed by atoms with E-state index in [0.717, 1.165) is 64.2 Å². The zero-order valence-corrected chi connectivity index (χ0v) is 36.8. The van der Waals surface area contributed by atoms with Gasteiger partial charge in [0.05, 0.1) is 34.4 Å². The summed E-state index contributed by atoms with van der Waals surface area (Å²) in [5.41, 5.74) is 0. The number of hydrogen-bond acceptors (Lipinski definition) is 6. The number of unbranched alkanes of at least 4 members (excludes halogenated alkanes) is 10. The maximum absolute atomic E-state index is 12.7. The van der Waals surface area contributed by atoms with Crippen LogP contribution in [0.25, 0.3) is 0 Å². The Morgan fingerprint density at radius 1 is 0.544 bits per heavy atom. The fourth-order valence-electron chi connectivity index (χ4n) is 5.87. The number of esters is 2. The Bertz CT molecular complexity index is 1200. The van der Waals surface area contributed by atoms with E-state index in [1.54, 1.807) is 0 Å². The van der Waals surface area contributed by atoms with Gasteiger partial charge in [-0.1, -0.05) is 144 Å². The molecule has 0 aromatic rings. The molecule has 0 radical (unpaired) electrons. The van der Waals surface area contributed by atoms with Gasteiger partial charge in [0.2, 0.25) is 0 Å². The van der Waals surface area contributed by atoms with Crippen molar-refractivity contribution in [3.05, 3.63) is 85.1 Å². The van der Waals surface area contributed by atoms with Crippen LogP contribution in [-0.4, -0.2) is 80.6 Å². The molecule has 57 heavy (non-hydrogen) atoms. The van der Waals surface area contributed by atoms with Gasteiger partial charge >= 0.3 is 17.9 Å². The number of carbonyl (C=O) groups is 3. The average Bonchev–Trinajstić information content (AvgIpc) is 3.17. The molecule has 0 aromatic heterocycles. The molecule has 8 nitrogen and oxygen atoms in total. The molecule has 0 aliphatic rings. The topological polar surface area (TPSA) is 99.1 Å². The van der Waals surface area contributed by atoms with E-state index in [4.69, 9.17) is 14.2 Å². The second kappa shape index (κ2) is 39.3. The number of carbonyl (C=O) groups excluding carboxylic acids is 2. The summed E-state index contributed by atoms with van der Waals surface area (Å²) in [5, 5.41) is 9.62. The van der Waals surface area contributed by atoms with Crippen molar-refractivity contribution >= 4 is 17.9 Å². The Kier molecular flexibility index (Phi) is 36.9. The summed E-state index contributed by atoms with van der Waals surface area (Å²) in [5.74, 6) is -1.59. The monoisotopic (exact) mass is 797 g/mol. The Morgan fingerprint density at radius 2 is 1.02 bits per heavy atom. The highest BCUT2D eigenvalue weighted by Crippen LogP contribution is 2.12. The van der Waals surface area contributed by atoms with E-state index in [9.17, 15) is 19.5 Å². The molecule has 1 N–H and O–H groups in total. The van der Waals surface area contributed by atoms with Crippen LogP contribution in [0, 0.1) is 0 Å². The third-order valence-electron chi connectivity index (χ3n) is 9.29. The molecule has 0 aliphatic heterocycles. The van der Waals surface area contributed by atoms with E-state index < -0.39 is 24.1 Å². The molecular weight excluding hydrogens is 715 g/mol. The summed E-state index contributed by atoms with van der Waals surface area (Å²) in [6, 6.07) is -0.633. The first-order valence-electron chi connectivity index (χ1n) is 22.1. The smallest absolute Gasteiger partial charge is 0.362 e. The van der Waals surface area contributed by atoms with Crippen molar-refractivity contribution in [2.24, 2.45) is 0 Å². The van der Waals surface area contributed by atoms with Gasteiger partial charge in [-0.3, -0.25) is 9.59 Å². The summed E-state index contributed by atoms with van der Waals surface area (Å²) in [6.45, 7) is 4.49. The molecule has 2 unspecified atom stereocenters. The molecule has 0 aromatic carbocycles. The first-order chi connectivity index (χ1) is 27.6. The minimum absolute atomic E-state index is 0.0239. The lowest BCUT2D eigenvalue weighted by atomic mass is 10.1. The SMILES string of the molecule is CC/C=C/C/C=C/C/C=C/C/C=C/C/C=C/CCC(=O)OC(COCCC(C(=O)O)[N+](C)(C)C)COC(=O)CCCCCCCCC/C=C/C/C=C/CCCCC. The lowest BCUT2D eigenvalue weighted by molar-refractivity contribution is -0.887. The van der Waals surface area contributed by atoms with Gasteiger partial charge in [0.25, 0.3) is 0 Å². The predicted octanol–water partition coefficient (Wildman–Crippen LogP) is 12.1. The van der Waals surface area contributed by atoms with Crippen molar-refractivity contribution in [2.45, 2.75) is 167 Å². The molecule has 0 amide bonds. The zero-order chi connectivity index (χ0) is 42.1. The second-order valence-electron chi connectivity index (χ2n) is 15.6. The minimum atomic E-state index is -0.891. The van der Waals surface area contributed by atoms with Crippen LogP contribution in [-0.2, 0) is 28.6 Å². The summed E-state index contributed by atoms with van der Waals surface area (Å²) in [7, 11) is 5.49. The molecule has 0 heterocycles. The number of quaternary nitrogens is 1. The Morgan fingerprint density at radius 3 is 1.53 bits per heavy atom. The van der Waals surface area contributed by atoms with Crippen molar-refractivity contribution < 1.29 is 38.2 Å². The zero-order valence-electron chi connectivity index (χ0n) is 36.8. The van der Waals surface area contributed by atoms with E-state index in [2.05, 4.69) is 86.8 Å². The van der Waals surface area contributed by atoms with Gasteiger partial charge in [-0.25, -0.2) is 4.79 Å². The highest BCUT2D eigenvalue weighted by Gasteiger charge is 2.31. The van der Waals surface area contributed by atoms with E-state index in [1.165, 1.54) is 51.4 Å². The van der Waals surface area contributed by atoms with Crippen LogP contribution >= 0.6 is 0 Å². The quantitative estimate of drug-likeness (QED) is 0.0287. The number of carboxylic acid groups (broad SMARTS) is 1. The molecule has 0 spiro atoms. The van der Waals surface area contributed by atoms with Gasteiger partial charge in [0, 0.05) is 19.3 Å². The Labute approximate surface area is 348 Å². The van der Waals surface area contributed by atoms with Crippen molar-refractivity contribution in [1.29, 1.82) is 0 Å². The number of nitrogens with zero attached hydrogens (tertiary/aromatic N) is 1. The summed E-state index contributed by atoms with van der Waals surface area (Å²) in [4.78, 5) is 36.9. The lowest BCUT2D eigenvalue weighted by Gasteiger charge is -2.31. The molecule has 0 bridgehead atoms. The number of ether oxygens (including phenoxy) is 3. The van der Waals surface area contributed by atoms with E-state index in [0.29, 0.717) is 19.3 Å². The van der Waals surface area contributed by atoms with Gasteiger partial charge in [-0.05, 0) is 77.0 Å². The molecule has 0 rings (SSSR count). The molecular formula is C49H82NO7+. The van der Waals surface area contributed by atoms with Crippen LogP contribution < -0.4 is 0 Å². The van der Waals surface area contributed by atoms with Gasteiger partial charge < -0.3 is 23.8 Å². The first kappa shape index (κ1) is 53.5. The highest BCUT2D eigenvalue weighted by molar-refractivity contribution is 5.72. The predicted molar refractivity (Wildman–Crippen MR) is 238 cm³/mol. The van der Waals surface area contributed by atoms with E-state index in [-0.39, 0.29) is 36.7 Å². The third kappa shape index (κ3) is 37.8.